The zero-order valence-electron chi connectivity index (χ0n) is 45.3. The van der Waals surface area contributed by atoms with E-state index in [-0.39, 0.29) is 68.5 Å². The molecule has 0 spiro atoms. The summed E-state index contributed by atoms with van der Waals surface area (Å²) in [7, 11) is 1.53. The fourth-order valence-corrected chi connectivity index (χ4v) is 10.6. The lowest BCUT2D eigenvalue weighted by atomic mass is 9.85. The standard InChI is InChI=1S/C55H76N12O9S/c1-7-42-49(57)66(34-56)44-33-60-54(64-50(44)67(42)40-11-8-9-12-40)62-41-19-18-39(31-45(41)72-6)51(69)58-21-24-74-26-28-76-30-29-75-27-25-73-23-20-46(68)63-48(55(3,4)5)53(71)65-22-10-13-43(65)52(70)59-32-37-14-16-38(17-15-37)47-36(2)61-35-77-47/h14-19,31,33-35,40,42-43,48,56-57H,7-13,20-30,32H2,1-6H3,(H,58,69)(H,59,70)(H,63,68)(H,60,62,64)/t42?,43-,48+/m0/s1. The summed E-state index contributed by atoms with van der Waals surface area (Å²) >= 11 is 1.59. The molecule has 22 heteroatoms. The van der Waals surface area contributed by atoms with E-state index < -0.39 is 17.5 Å². The van der Waals surface area contributed by atoms with Crippen LogP contribution in [0.25, 0.3) is 10.4 Å². The lowest BCUT2D eigenvalue weighted by Gasteiger charge is -2.44. The number of ether oxygens (including phenoxy) is 5. The first-order chi connectivity index (χ1) is 37.2. The van der Waals surface area contributed by atoms with E-state index in [0.717, 1.165) is 53.7 Å². The van der Waals surface area contributed by atoms with Gasteiger partial charge in [0, 0.05) is 37.7 Å². The molecule has 416 valence electrons. The minimum Gasteiger partial charge on any atom is -0.495 e. The zero-order valence-corrected chi connectivity index (χ0v) is 46.1. The zero-order chi connectivity index (χ0) is 54.9. The van der Waals surface area contributed by atoms with E-state index in [1.165, 1.54) is 12.0 Å². The van der Waals surface area contributed by atoms with Crippen LogP contribution in [0.15, 0.2) is 54.2 Å². The van der Waals surface area contributed by atoms with E-state index in [1.807, 2.05) is 57.5 Å². The van der Waals surface area contributed by atoms with Crippen molar-refractivity contribution in [3.8, 4) is 16.2 Å². The predicted octanol–water partition coefficient (Wildman–Crippen LogP) is 6.62. The number of nitrogens with zero attached hydrogens (tertiary/aromatic N) is 6. The molecular formula is C55H76N12O9S. The van der Waals surface area contributed by atoms with E-state index >= 15 is 0 Å². The Morgan fingerprint density at radius 3 is 2.21 bits per heavy atom. The molecule has 77 heavy (non-hydrogen) atoms. The van der Waals surface area contributed by atoms with Crippen LogP contribution in [0, 0.1) is 23.2 Å². The highest BCUT2D eigenvalue weighted by Crippen LogP contribution is 2.41. The fraction of sp³-hybridized carbons (Fsp3) is 0.545. The Kier molecular flexibility index (Phi) is 21.2. The number of aromatic nitrogens is 3. The Bertz CT molecular complexity index is 2640. The summed E-state index contributed by atoms with van der Waals surface area (Å²) in [6.45, 7) is 13.2. The lowest BCUT2D eigenvalue weighted by molar-refractivity contribution is -0.144. The Hall–Kier alpha value is -6.59. The van der Waals surface area contributed by atoms with Crippen molar-refractivity contribution in [2.45, 2.75) is 117 Å². The molecule has 2 fully saturated rings. The number of hydrogen-bond acceptors (Lipinski definition) is 17. The number of likely N-dealkylation sites (tertiary alicyclic amines) is 1. The van der Waals surface area contributed by atoms with Gasteiger partial charge in [-0.1, -0.05) is 64.8 Å². The van der Waals surface area contributed by atoms with E-state index in [2.05, 4.69) is 43.1 Å². The van der Waals surface area contributed by atoms with Gasteiger partial charge in [-0.3, -0.25) is 34.9 Å². The number of amidine groups is 1. The number of benzene rings is 2. The van der Waals surface area contributed by atoms with Crippen molar-refractivity contribution in [2.75, 3.05) is 88.2 Å². The Morgan fingerprint density at radius 1 is 0.883 bits per heavy atom. The smallest absolute Gasteiger partial charge is 0.251 e. The fourth-order valence-electron chi connectivity index (χ4n) is 9.83. The van der Waals surface area contributed by atoms with Crippen LogP contribution in [0.5, 0.6) is 5.75 Å². The maximum atomic E-state index is 13.9. The van der Waals surface area contributed by atoms with Crippen LogP contribution in [0.2, 0.25) is 0 Å². The molecule has 21 nitrogen and oxygen atoms in total. The third-order valence-corrected chi connectivity index (χ3v) is 14.9. The average Bonchev–Trinajstić information content (AvgIpc) is 4.26. The normalized spacial score (nSPS) is 17.0. The lowest BCUT2D eigenvalue weighted by Crippen LogP contribution is -2.57. The summed E-state index contributed by atoms with van der Waals surface area (Å²) < 4.78 is 28.1. The Balaban J connectivity index is 0.726. The second kappa shape index (κ2) is 28.2. The minimum absolute atomic E-state index is 0.0619. The van der Waals surface area contributed by atoms with Gasteiger partial charge in [0.25, 0.3) is 5.91 Å². The van der Waals surface area contributed by atoms with E-state index in [4.69, 9.17) is 39.5 Å². The third-order valence-electron chi connectivity index (χ3n) is 13.9. The van der Waals surface area contributed by atoms with Crippen LogP contribution >= 0.6 is 11.3 Å². The largest absolute Gasteiger partial charge is 0.495 e. The van der Waals surface area contributed by atoms with Gasteiger partial charge in [0.1, 0.15) is 29.4 Å². The molecule has 6 N–H and O–H groups in total. The molecule has 1 saturated heterocycles. The summed E-state index contributed by atoms with van der Waals surface area (Å²) in [5, 5.41) is 28.9. The Morgan fingerprint density at radius 2 is 1.57 bits per heavy atom. The molecule has 2 aliphatic heterocycles. The topological polar surface area (TPSA) is 259 Å². The van der Waals surface area contributed by atoms with Crippen LogP contribution in [0.3, 0.4) is 0 Å². The molecule has 1 aliphatic carbocycles. The van der Waals surface area contributed by atoms with Crippen molar-refractivity contribution in [3.05, 3.63) is 71.0 Å². The molecule has 4 heterocycles. The molecule has 2 aromatic carbocycles. The van der Waals surface area contributed by atoms with Gasteiger partial charge in [0.2, 0.25) is 23.7 Å². The number of carbonyl (C=O) groups excluding carboxylic acids is 4. The van der Waals surface area contributed by atoms with Gasteiger partial charge in [0.15, 0.2) is 5.82 Å². The van der Waals surface area contributed by atoms with Crippen molar-refractivity contribution < 1.29 is 42.9 Å². The van der Waals surface area contributed by atoms with Crippen LogP contribution in [-0.4, -0.2) is 153 Å². The van der Waals surface area contributed by atoms with Crippen molar-refractivity contribution in [2.24, 2.45) is 5.41 Å². The number of amides is 4. The first kappa shape index (κ1) is 58.1. The second-order valence-corrected chi connectivity index (χ2v) is 21.1. The molecule has 3 aliphatic rings. The quantitative estimate of drug-likeness (QED) is 0.0199. The van der Waals surface area contributed by atoms with Crippen molar-refractivity contribution >= 4 is 70.3 Å². The predicted molar refractivity (Wildman–Crippen MR) is 297 cm³/mol. The first-order valence-corrected chi connectivity index (χ1v) is 27.5. The molecule has 3 atom stereocenters. The molecule has 4 amide bonds. The third kappa shape index (κ3) is 15.3. The number of nitrogens with one attached hydrogen (secondary N) is 6. The number of anilines is 4. The van der Waals surface area contributed by atoms with Gasteiger partial charge in [-0.15, -0.1) is 11.3 Å². The molecule has 7 rings (SSSR count). The summed E-state index contributed by atoms with van der Waals surface area (Å²) in [6, 6.07) is 11.7. The molecule has 1 saturated carbocycles. The highest BCUT2D eigenvalue weighted by molar-refractivity contribution is 7.13. The SMILES string of the molecule is CCC1C(=N)N(C=N)c2cnc(Nc3ccc(C(=O)NCCOCCOCCOCCOCCC(=O)N[C@H](C(=O)N4CCC[C@H]4C(=O)NCc4ccc(-c5scnc5C)cc4)C(C)(C)C)cc3OC)nc2N1C1CCCC1. The Labute approximate surface area is 455 Å². The summed E-state index contributed by atoms with van der Waals surface area (Å²) in [4.78, 5) is 73.7. The molecule has 4 aromatic rings. The van der Waals surface area contributed by atoms with Gasteiger partial charge in [0.05, 0.1) is 100 Å². The number of carbonyl (C=O) groups is 4. The average molecular weight is 1080 g/mol. The maximum Gasteiger partial charge on any atom is 0.251 e. The molecule has 1 unspecified atom stereocenters. The molecular weight excluding hydrogens is 1000 g/mol. The van der Waals surface area contributed by atoms with Gasteiger partial charge in [-0.2, -0.15) is 4.98 Å². The van der Waals surface area contributed by atoms with E-state index in [1.54, 1.807) is 40.6 Å². The summed E-state index contributed by atoms with van der Waals surface area (Å²) in [6.07, 6.45) is 9.11. The summed E-state index contributed by atoms with van der Waals surface area (Å²) in [5.74, 6) is 0.719. The van der Waals surface area contributed by atoms with Crippen molar-refractivity contribution in [1.82, 2.24) is 35.8 Å². The van der Waals surface area contributed by atoms with Crippen molar-refractivity contribution in [3.63, 3.8) is 0 Å². The number of rotatable bonds is 28. The van der Waals surface area contributed by atoms with Gasteiger partial charge in [-0.05, 0) is 73.8 Å². The second-order valence-electron chi connectivity index (χ2n) is 20.3. The molecule has 0 radical (unpaired) electrons. The van der Waals surface area contributed by atoms with E-state index in [0.29, 0.717) is 106 Å². The van der Waals surface area contributed by atoms with Gasteiger partial charge in [-0.25, -0.2) is 9.97 Å². The van der Waals surface area contributed by atoms with Gasteiger partial charge < -0.3 is 54.8 Å². The van der Waals surface area contributed by atoms with Crippen LogP contribution in [0.1, 0.15) is 101 Å². The van der Waals surface area contributed by atoms with Crippen LogP contribution in [-0.2, 0) is 39.9 Å². The van der Waals surface area contributed by atoms with Crippen LogP contribution in [0.4, 0.5) is 23.1 Å². The first-order valence-electron chi connectivity index (χ1n) is 26.7. The maximum absolute atomic E-state index is 13.9. The van der Waals surface area contributed by atoms with Crippen LogP contribution < -0.4 is 35.8 Å². The summed E-state index contributed by atoms with van der Waals surface area (Å²) in [5.41, 5.74) is 5.83. The molecule has 0 bridgehead atoms. The van der Waals surface area contributed by atoms with Crippen molar-refractivity contribution in [1.29, 1.82) is 10.8 Å². The number of hydrogen-bond donors (Lipinski definition) is 6. The molecule has 2 aromatic heterocycles. The number of methoxy groups -OCH3 is 1. The number of fused-ring (bicyclic) bond motifs is 1. The minimum atomic E-state index is -0.821. The number of thiazole rings is 1. The monoisotopic (exact) mass is 1080 g/mol. The number of aryl methyl sites for hydroxylation is 1. The highest BCUT2D eigenvalue weighted by Gasteiger charge is 2.43. The highest BCUT2D eigenvalue weighted by atomic mass is 32.1. The van der Waals surface area contributed by atoms with E-state index in [9.17, 15) is 19.2 Å². The van der Waals surface area contributed by atoms with Gasteiger partial charge >= 0.3 is 0 Å².